The predicted molar refractivity (Wildman–Crippen MR) is 410 cm³/mol. The number of amidine groups is 1. The Labute approximate surface area is 630 Å². The number of aromatic hydroxyl groups is 1. The maximum Gasteiger partial charge on any atom is 0.296 e. The summed E-state index contributed by atoms with van der Waals surface area (Å²) >= 11 is 0. The van der Waals surface area contributed by atoms with Gasteiger partial charge >= 0.3 is 0 Å². The van der Waals surface area contributed by atoms with E-state index in [2.05, 4.69) is 31.4 Å². The summed E-state index contributed by atoms with van der Waals surface area (Å²) in [6.45, 7) is 4.50. The summed E-state index contributed by atoms with van der Waals surface area (Å²) in [6.07, 6.45) is 20.2. The zero-order valence-corrected chi connectivity index (χ0v) is 64.3. The summed E-state index contributed by atoms with van der Waals surface area (Å²) in [4.78, 5) is 23.3. The van der Waals surface area contributed by atoms with Crippen molar-refractivity contribution in [2.45, 2.75) is 146 Å². The first-order chi connectivity index (χ1) is 51.5. The van der Waals surface area contributed by atoms with Gasteiger partial charge in [0.1, 0.15) is 63.1 Å². The Bertz CT molecular complexity index is 4610. The van der Waals surface area contributed by atoms with Crippen molar-refractivity contribution in [3.8, 4) is 63.6 Å². The third kappa shape index (κ3) is 26.3. The average molecular weight is 1530 g/mol. The number of ether oxygens (including phenoxy) is 6. The molecule has 0 saturated heterocycles. The number of nitrogens with two attached hydrogens (primary N) is 2. The summed E-state index contributed by atoms with van der Waals surface area (Å²) < 4.78 is 94.1. The van der Waals surface area contributed by atoms with Crippen molar-refractivity contribution in [2.75, 3.05) is 61.6 Å². The lowest BCUT2D eigenvalue weighted by Crippen LogP contribution is -2.26. The van der Waals surface area contributed by atoms with Crippen molar-refractivity contribution in [1.29, 1.82) is 5.26 Å². The summed E-state index contributed by atoms with van der Waals surface area (Å²) in [5.74, 6) is 8.06. The number of hydrogen-bond acceptors (Lipinski definition) is 23. The van der Waals surface area contributed by atoms with Gasteiger partial charge in [0.05, 0.1) is 77.4 Å². The van der Waals surface area contributed by atoms with Crippen LogP contribution in [0.5, 0.6) is 40.4 Å². The zero-order chi connectivity index (χ0) is 77.0. The summed E-state index contributed by atoms with van der Waals surface area (Å²) in [6, 6.07) is 38.9. The number of nitriles is 1. The van der Waals surface area contributed by atoms with Crippen LogP contribution in [0.1, 0.15) is 138 Å². The summed E-state index contributed by atoms with van der Waals surface area (Å²) in [7, 11) is 7.41. The van der Waals surface area contributed by atoms with E-state index in [0.29, 0.717) is 106 Å². The van der Waals surface area contributed by atoms with Gasteiger partial charge in [0.25, 0.3) is 30.6 Å². The third-order valence-electron chi connectivity index (χ3n) is 18.0. The molecule has 574 valence electrons. The molecule has 0 bridgehead atoms. The van der Waals surface area contributed by atoms with Crippen LogP contribution in [-0.4, -0.2) is 114 Å². The van der Waals surface area contributed by atoms with Gasteiger partial charge < -0.3 is 59.0 Å². The van der Waals surface area contributed by atoms with Crippen LogP contribution in [0.4, 0.5) is 11.4 Å². The molecule has 0 amide bonds. The summed E-state index contributed by atoms with van der Waals surface area (Å²) in [5.41, 5.74) is 15.7. The Hall–Kier alpha value is -9.72. The molecule has 107 heavy (non-hydrogen) atoms. The summed E-state index contributed by atoms with van der Waals surface area (Å²) in [5, 5.41) is 40.3. The maximum absolute atomic E-state index is 14.0. The molecule has 0 radical (unpaired) electrons. The Morgan fingerprint density at radius 2 is 1.12 bits per heavy atom. The molecule has 3 heterocycles. The minimum Gasteiger partial charge on any atom is -0.494 e. The van der Waals surface area contributed by atoms with Gasteiger partial charge in [-0.05, 0) is 148 Å². The molecule has 6 aromatic carbocycles. The molecule has 5 fully saturated rings. The molecule has 5 aliphatic carbocycles. The van der Waals surface area contributed by atoms with Gasteiger partial charge in [-0.2, -0.15) is 18.7 Å². The van der Waals surface area contributed by atoms with Gasteiger partial charge in [-0.1, -0.05) is 135 Å². The standard InChI is InChI=1S/C27H25N5O6.C14H20N2O2.C12H16O3S.C8H11NO2.C7H7ClO2S.C6H9N.C5H10O/c1-35-19-8-5-9-20(36-2)24(19)32-21(13-12-15-10-11-15)28-25(33)23(27(32)34)26-30-29-22(37-26)14-17-16-6-3-4-7-18(16)38-31-17;1-17-11-4-3-5-12(18-2)14(11)16-13(15)9-8-10-6-7-10;1-10-2-6-12(7-3-10)16(13,14)15-9-8-11-4-5-11;1-10-6-4-3-5-7(11-2)8(6)9;1-6-2-4-7(5-3-6)11(8,9)10;7-5-1-2-6-3-4-6;6-4-3-5-1-2-5/h3-9,15,33H,10-14H2,1-2H3;3-5,10H,6-9H2,1-2H3,(H2,15,16);2-3,6-7,11H,4-5,8-9H2,1H3;3-5H,9H2,1-2H3;2-5H,1H3;6H,1-4H2;5-6H,1-4H2. The first-order valence-electron chi connectivity index (χ1n) is 35.7. The van der Waals surface area contributed by atoms with Gasteiger partial charge in [0, 0.05) is 41.9 Å². The number of aromatic nitrogens is 5. The topological polar surface area (TPSA) is 361 Å². The van der Waals surface area contributed by atoms with E-state index in [9.17, 15) is 26.7 Å². The number of aliphatic hydroxyl groups excluding tert-OH is 1. The van der Waals surface area contributed by atoms with Crippen molar-refractivity contribution in [2.24, 2.45) is 40.3 Å². The van der Waals surface area contributed by atoms with Crippen molar-refractivity contribution in [3.05, 3.63) is 166 Å². The quantitative estimate of drug-likeness (QED) is 0.0122. The predicted octanol–water partition coefficient (Wildman–Crippen LogP) is 15.2. The molecule has 5 aliphatic rings. The van der Waals surface area contributed by atoms with Crippen molar-refractivity contribution >= 4 is 58.0 Å². The zero-order valence-electron chi connectivity index (χ0n) is 61.9. The Morgan fingerprint density at radius 3 is 1.63 bits per heavy atom. The fraction of sp³-hybridized carbons (Fsp3) is 0.430. The average Bonchev–Trinajstić information content (AvgIpc) is 1.73. The lowest BCUT2D eigenvalue weighted by atomic mass is 10.1. The fourth-order valence-corrected chi connectivity index (χ4v) is 12.5. The minimum atomic E-state index is -3.55. The van der Waals surface area contributed by atoms with Crippen molar-refractivity contribution in [1.82, 2.24) is 24.9 Å². The number of nitrogens with zero attached hydrogens (tertiary/aromatic N) is 7. The maximum atomic E-state index is 14.0. The van der Waals surface area contributed by atoms with Gasteiger partial charge in [0.15, 0.2) is 11.1 Å². The number of benzene rings is 6. The molecule has 25 nitrogen and oxygen atoms in total. The SMILES string of the molecule is COc1cccc(OC)c1-n1c(CCC2CC2)nc(O)c(-c2nnc(Cc3noc4ccccc34)o2)c1=O.COc1cccc(OC)c1N.COc1cccc(OC)c1N=C(N)CCC1CC1.Cc1ccc(S(=O)(=O)Cl)cc1.Cc1ccc(S(=O)(=O)OCCC2CC2)cc1.N#CCCC1CC1.OCCC1CC1. The number of hydrogen-bond donors (Lipinski definition) is 4. The number of methoxy groups -OCH3 is 6. The molecule has 0 spiro atoms. The number of para-hydroxylation sites is 4. The van der Waals surface area contributed by atoms with E-state index in [0.717, 1.165) is 92.1 Å². The first-order valence-corrected chi connectivity index (χ1v) is 39.4. The molecular weight excluding hydrogens is 1430 g/mol. The van der Waals surface area contributed by atoms with Crippen molar-refractivity contribution in [3.63, 3.8) is 0 Å². The number of aliphatic imine (C=N–C) groups is 1. The molecule has 3 aromatic heterocycles. The van der Waals surface area contributed by atoms with Crippen LogP contribution in [0.3, 0.4) is 0 Å². The first kappa shape index (κ1) is 82.9. The van der Waals surface area contributed by atoms with Gasteiger partial charge in [0.2, 0.25) is 11.8 Å². The highest BCUT2D eigenvalue weighted by molar-refractivity contribution is 8.13. The number of aryl methyl sites for hydroxylation is 3. The number of fused-ring (bicyclic) bond motifs is 1. The van der Waals surface area contributed by atoms with E-state index in [4.69, 9.17) is 74.1 Å². The van der Waals surface area contributed by atoms with Crippen LogP contribution in [0.25, 0.3) is 28.1 Å². The largest absolute Gasteiger partial charge is 0.494 e. The van der Waals surface area contributed by atoms with E-state index in [1.165, 1.54) is 82.3 Å². The Balaban J connectivity index is 0.000000175. The molecule has 0 atom stereocenters. The second-order valence-corrected chi connectivity index (χ2v) is 30.7. The molecule has 6 N–H and O–H groups in total. The lowest BCUT2D eigenvalue weighted by Gasteiger charge is -2.18. The van der Waals surface area contributed by atoms with E-state index in [1.807, 2.05) is 62.4 Å². The third-order valence-corrected chi connectivity index (χ3v) is 20.7. The highest BCUT2D eigenvalue weighted by Gasteiger charge is 2.30. The molecule has 28 heteroatoms. The van der Waals surface area contributed by atoms with Gasteiger partial charge in [-0.3, -0.25) is 13.5 Å². The van der Waals surface area contributed by atoms with E-state index >= 15 is 0 Å². The van der Waals surface area contributed by atoms with E-state index in [-0.39, 0.29) is 33.6 Å². The number of anilines is 1. The monoisotopic (exact) mass is 1530 g/mol. The van der Waals surface area contributed by atoms with Gasteiger partial charge in [-0.15, -0.1) is 10.2 Å². The second-order valence-electron chi connectivity index (χ2n) is 26.5. The highest BCUT2D eigenvalue weighted by atomic mass is 35.7. The van der Waals surface area contributed by atoms with Crippen LogP contribution in [0.15, 0.2) is 156 Å². The van der Waals surface area contributed by atoms with Crippen LogP contribution in [-0.2, 0) is 36.2 Å². The second kappa shape index (κ2) is 40.8. The van der Waals surface area contributed by atoms with Crippen molar-refractivity contribution < 1.29 is 68.6 Å². The number of halogens is 1. The molecule has 9 aromatic rings. The van der Waals surface area contributed by atoms with Crippen LogP contribution in [0.2, 0.25) is 0 Å². The Kier molecular flexibility index (Phi) is 31.7. The molecule has 0 aliphatic heterocycles. The highest BCUT2D eigenvalue weighted by Crippen LogP contribution is 2.41. The van der Waals surface area contributed by atoms with E-state index < -0.39 is 30.6 Å². The fourth-order valence-electron chi connectivity index (χ4n) is 10.8. The van der Waals surface area contributed by atoms with Crippen LogP contribution in [0, 0.1) is 54.8 Å². The minimum absolute atomic E-state index is 0.143. The smallest absolute Gasteiger partial charge is 0.296 e. The van der Waals surface area contributed by atoms with E-state index in [1.54, 1.807) is 95.2 Å². The molecule has 0 unspecified atom stereocenters. The number of aliphatic hydroxyl groups is 1. The van der Waals surface area contributed by atoms with Crippen LogP contribution < -0.4 is 45.4 Å². The number of rotatable bonds is 27. The normalized spacial score (nSPS) is 14.3. The molecular formula is C79H98ClN9O16S2. The lowest BCUT2D eigenvalue weighted by molar-refractivity contribution is 0.280. The van der Waals surface area contributed by atoms with Crippen LogP contribution >= 0.6 is 10.7 Å². The molecule has 5 saturated carbocycles. The van der Waals surface area contributed by atoms with Gasteiger partial charge in [-0.25, -0.2) is 13.4 Å². The Morgan fingerprint density at radius 1 is 0.636 bits per heavy atom. The molecule has 14 rings (SSSR count). The number of nitrogen functional groups attached to an aromatic ring is 1.